The van der Waals surface area contributed by atoms with Gasteiger partial charge < -0.3 is 11.5 Å². The van der Waals surface area contributed by atoms with Crippen LogP contribution in [-0.4, -0.2) is 37.3 Å². The Morgan fingerprint density at radius 1 is 1.35 bits per heavy atom. The molecule has 1 aliphatic heterocycles. The standard InChI is InChI=1S/C14H20ClN3O3S.ClH/c1-9(16)13-4-2-3-5-18(13)22(20,21)12-7-10(14(17)19)6-11(15)8-12;/h6-9,13H,2-5,16H2,1H3,(H2,17,19);1H. The predicted octanol–water partition coefficient (Wildman–Crippen LogP) is 1.75. The third-order valence-electron chi connectivity index (χ3n) is 3.87. The quantitative estimate of drug-likeness (QED) is 0.827. The summed E-state index contributed by atoms with van der Waals surface area (Å²) in [6.45, 7) is 2.21. The molecule has 130 valence electrons. The Morgan fingerprint density at radius 2 is 2.00 bits per heavy atom. The van der Waals surface area contributed by atoms with E-state index in [-0.39, 0.29) is 40.0 Å². The fourth-order valence-corrected chi connectivity index (χ4v) is 4.89. The van der Waals surface area contributed by atoms with Gasteiger partial charge in [0.1, 0.15) is 0 Å². The molecule has 0 radical (unpaired) electrons. The maximum Gasteiger partial charge on any atom is 0.248 e. The van der Waals surface area contributed by atoms with Crippen LogP contribution < -0.4 is 11.5 Å². The van der Waals surface area contributed by atoms with Crippen LogP contribution in [0.25, 0.3) is 0 Å². The monoisotopic (exact) mass is 381 g/mol. The summed E-state index contributed by atoms with van der Waals surface area (Å²) in [7, 11) is -3.77. The zero-order chi connectivity index (χ0) is 16.5. The molecular weight excluding hydrogens is 361 g/mol. The average Bonchev–Trinajstić information content (AvgIpc) is 2.46. The molecule has 4 N–H and O–H groups in total. The maximum absolute atomic E-state index is 12.9. The number of hydrogen-bond donors (Lipinski definition) is 2. The number of rotatable bonds is 4. The lowest BCUT2D eigenvalue weighted by Crippen LogP contribution is -2.51. The number of amides is 1. The molecule has 1 fully saturated rings. The second-order valence-corrected chi connectivity index (χ2v) is 7.90. The van der Waals surface area contributed by atoms with E-state index >= 15 is 0 Å². The smallest absolute Gasteiger partial charge is 0.248 e. The van der Waals surface area contributed by atoms with Crippen molar-refractivity contribution in [2.24, 2.45) is 11.5 Å². The Kier molecular flexibility index (Phi) is 6.85. The second kappa shape index (κ2) is 7.81. The molecule has 1 heterocycles. The molecule has 2 rings (SSSR count). The van der Waals surface area contributed by atoms with Crippen molar-refractivity contribution in [3.8, 4) is 0 Å². The first-order valence-corrected chi connectivity index (χ1v) is 8.93. The molecule has 0 aromatic heterocycles. The van der Waals surface area contributed by atoms with Gasteiger partial charge >= 0.3 is 0 Å². The third-order valence-corrected chi connectivity index (χ3v) is 5.99. The fourth-order valence-electron chi connectivity index (χ4n) is 2.74. The van der Waals surface area contributed by atoms with E-state index in [1.165, 1.54) is 22.5 Å². The van der Waals surface area contributed by atoms with Gasteiger partial charge in [0.05, 0.1) is 4.90 Å². The number of benzene rings is 1. The first-order valence-electron chi connectivity index (χ1n) is 7.11. The van der Waals surface area contributed by atoms with E-state index in [9.17, 15) is 13.2 Å². The molecule has 1 saturated heterocycles. The molecule has 0 spiro atoms. The lowest BCUT2D eigenvalue weighted by atomic mass is 10.00. The number of nitrogens with zero attached hydrogens (tertiary/aromatic N) is 1. The highest BCUT2D eigenvalue weighted by Gasteiger charge is 2.35. The van der Waals surface area contributed by atoms with Crippen molar-refractivity contribution in [2.75, 3.05) is 6.54 Å². The van der Waals surface area contributed by atoms with Crippen molar-refractivity contribution in [3.63, 3.8) is 0 Å². The predicted molar refractivity (Wildman–Crippen MR) is 92.4 cm³/mol. The number of sulfonamides is 1. The van der Waals surface area contributed by atoms with Crippen LogP contribution in [0.3, 0.4) is 0 Å². The van der Waals surface area contributed by atoms with E-state index in [4.69, 9.17) is 23.1 Å². The molecule has 9 heteroatoms. The van der Waals surface area contributed by atoms with Crippen molar-refractivity contribution < 1.29 is 13.2 Å². The van der Waals surface area contributed by atoms with Crippen LogP contribution in [-0.2, 0) is 10.0 Å². The zero-order valence-corrected chi connectivity index (χ0v) is 15.1. The Labute approximate surface area is 147 Å². The SMILES string of the molecule is CC(N)C1CCCCN1S(=O)(=O)c1cc(Cl)cc(C(N)=O)c1.Cl. The van der Waals surface area contributed by atoms with E-state index in [0.717, 1.165) is 19.3 Å². The van der Waals surface area contributed by atoms with Crippen molar-refractivity contribution in [2.45, 2.75) is 43.2 Å². The summed E-state index contributed by atoms with van der Waals surface area (Å²) in [6, 6.07) is 3.41. The van der Waals surface area contributed by atoms with Gasteiger partial charge in [0.15, 0.2) is 0 Å². The van der Waals surface area contributed by atoms with E-state index in [1.54, 1.807) is 6.92 Å². The molecule has 2 atom stereocenters. The lowest BCUT2D eigenvalue weighted by Gasteiger charge is -2.36. The van der Waals surface area contributed by atoms with Gasteiger partial charge in [0.25, 0.3) is 0 Å². The number of hydrogen-bond acceptors (Lipinski definition) is 4. The largest absolute Gasteiger partial charge is 0.366 e. The number of carbonyl (C=O) groups is 1. The second-order valence-electron chi connectivity index (χ2n) is 5.58. The normalized spacial score (nSPS) is 20.6. The molecule has 2 unspecified atom stereocenters. The average molecular weight is 382 g/mol. The molecule has 1 aromatic carbocycles. The summed E-state index contributed by atoms with van der Waals surface area (Å²) in [6.07, 6.45) is 2.45. The van der Waals surface area contributed by atoms with E-state index in [2.05, 4.69) is 0 Å². The Balaban J connectivity index is 0.00000264. The summed E-state index contributed by atoms with van der Waals surface area (Å²) >= 11 is 5.92. The summed E-state index contributed by atoms with van der Waals surface area (Å²) < 4.78 is 27.2. The molecule has 23 heavy (non-hydrogen) atoms. The minimum Gasteiger partial charge on any atom is -0.366 e. The fraction of sp³-hybridized carbons (Fsp3) is 0.500. The van der Waals surface area contributed by atoms with Gasteiger partial charge in [-0.1, -0.05) is 18.0 Å². The van der Waals surface area contributed by atoms with Crippen LogP contribution in [0, 0.1) is 0 Å². The molecule has 0 bridgehead atoms. The Bertz CT molecular complexity index is 680. The molecule has 0 aliphatic carbocycles. The van der Waals surface area contributed by atoms with Crippen LogP contribution in [0.4, 0.5) is 0 Å². The number of primary amides is 1. The van der Waals surface area contributed by atoms with Gasteiger partial charge in [-0.3, -0.25) is 4.79 Å². The first-order chi connectivity index (χ1) is 10.2. The number of nitrogens with two attached hydrogens (primary N) is 2. The minimum absolute atomic E-state index is 0. The molecular formula is C14H21Cl2N3O3S. The number of piperidine rings is 1. The summed E-state index contributed by atoms with van der Waals surface area (Å²) in [4.78, 5) is 11.3. The van der Waals surface area contributed by atoms with Crippen LogP contribution in [0.1, 0.15) is 36.5 Å². The van der Waals surface area contributed by atoms with Crippen LogP contribution in [0.2, 0.25) is 5.02 Å². The summed E-state index contributed by atoms with van der Waals surface area (Å²) in [5, 5.41) is 0.157. The highest BCUT2D eigenvalue weighted by atomic mass is 35.5. The first kappa shape index (κ1) is 20.2. The maximum atomic E-state index is 12.9. The highest BCUT2D eigenvalue weighted by Crippen LogP contribution is 2.28. The topological polar surface area (TPSA) is 106 Å². The Morgan fingerprint density at radius 3 is 2.57 bits per heavy atom. The van der Waals surface area contributed by atoms with Crippen LogP contribution in [0.15, 0.2) is 23.1 Å². The number of carbonyl (C=O) groups excluding carboxylic acids is 1. The van der Waals surface area contributed by atoms with Gasteiger partial charge in [-0.2, -0.15) is 4.31 Å². The van der Waals surface area contributed by atoms with Gasteiger partial charge in [0, 0.05) is 29.2 Å². The Hall–Kier alpha value is -0.860. The van der Waals surface area contributed by atoms with Crippen molar-refractivity contribution in [3.05, 3.63) is 28.8 Å². The van der Waals surface area contributed by atoms with Gasteiger partial charge in [-0.15, -0.1) is 12.4 Å². The summed E-state index contributed by atoms with van der Waals surface area (Å²) in [5.74, 6) is -0.721. The summed E-state index contributed by atoms with van der Waals surface area (Å²) in [5.41, 5.74) is 11.2. The van der Waals surface area contributed by atoms with E-state index in [0.29, 0.717) is 6.54 Å². The van der Waals surface area contributed by atoms with Crippen molar-refractivity contribution in [1.82, 2.24) is 4.31 Å². The molecule has 6 nitrogen and oxygen atoms in total. The van der Waals surface area contributed by atoms with Crippen LogP contribution in [0.5, 0.6) is 0 Å². The van der Waals surface area contributed by atoms with E-state index < -0.39 is 15.9 Å². The minimum atomic E-state index is -3.77. The van der Waals surface area contributed by atoms with Gasteiger partial charge in [-0.05, 0) is 38.0 Å². The van der Waals surface area contributed by atoms with Crippen LogP contribution >= 0.6 is 24.0 Å². The molecule has 1 aliphatic rings. The lowest BCUT2D eigenvalue weighted by molar-refractivity contribution is 0.1000. The van der Waals surface area contributed by atoms with E-state index in [1.807, 2.05) is 0 Å². The molecule has 1 amide bonds. The van der Waals surface area contributed by atoms with Crippen molar-refractivity contribution >= 4 is 39.9 Å². The highest BCUT2D eigenvalue weighted by molar-refractivity contribution is 7.89. The van der Waals surface area contributed by atoms with Crippen molar-refractivity contribution in [1.29, 1.82) is 0 Å². The zero-order valence-electron chi connectivity index (χ0n) is 12.7. The van der Waals surface area contributed by atoms with Gasteiger partial charge in [-0.25, -0.2) is 8.42 Å². The third kappa shape index (κ3) is 4.36. The van der Waals surface area contributed by atoms with Gasteiger partial charge in [0.2, 0.25) is 15.9 Å². The number of halogens is 2. The molecule has 1 aromatic rings. The molecule has 0 saturated carbocycles.